The van der Waals surface area contributed by atoms with Gasteiger partial charge in [-0.15, -0.1) is 0 Å². The predicted molar refractivity (Wildman–Crippen MR) is 72.5 cm³/mol. The van der Waals surface area contributed by atoms with Crippen LogP contribution in [-0.4, -0.2) is 21.9 Å². The molecule has 0 saturated heterocycles. The van der Waals surface area contributed by atoms with Crippen molar-refractivity contribution in [2.45, 2.75) is 56.6 Å². The quantitative estimate of drug-likeness (QED) is 0.771. The van der Waals surface area contributed by atoms with Crippen molar-refractivity contribution in [2.75, 3.05) is 0 Å². The molecule has 1 saturated carbocycles. The van der Waals surface area contributed by atoms with Gasteiger partial charge in [0.2, 0.25) is 0 Å². The van der Waals surface area contributed by atoms with Gasteiger partial charge in [-0.25, -0.2) is 0 Å². The molecule has 1 aromatic carbocycles. The van der Waals surface area contributed by atoms with E-state index in [9.17, 15) is 10.2 Å². The molecule has 100 valence electrons. The number of hydrogen-bond donors (Lipinski definition) is 3. The van der Waals surface area contributed by atoms with Crippen LogP contribution in [0, 0.1) is 0 Å². The summed E-state index contributed by atoms with van der Waals surface area (Å²) in [5, 5.41) is 20.2. The smallest absolute Gasteiger partial charge is 0.115 e. The van der Waals surface area contributed by atoms with Gasteiger partial charge in [-0.2, -0.15) is 0 Å². The molecular weight excluding hydrogens is 226 g/mol. The number of phenols is 1. The van der Waals surface area contributed by atoms with E-state index in [2.05, 4.69) is 0 Å². The molecule has 0 aliphatic heterocycles. The Labute approximate surface area is 109 Å². The van der Waals surface area contributed by atoms with Gasteiger partial charge in [-0.05, 0) is 37.5 Å². The zero-order valence-electron chi connectivity index (χ0n) is 11.0. The van der Waals surface area contributed by atoms with Crippen LogP contribution in [0.1, 0.15) is 50.5 Å². The highest BCUT2D eigenvalue weighted by molar-refractivity contribution is 5.31. The molecule has 1 aromatic rings. The third-order valence-corrected chi connectivity index (χ3v) is 4.08. The molecule has 2 atom stereocenters. The van der Waals surface area contributed by atoms with Crippen molar-refractivity contribution in [1.82, 2.24) is 0 Å². The first kappa shape index (κ1) is 13.4. The van der Waals surface area contributed by atoms with Crippen LogP contribution in [0.5, 0.6) is 5.75 Å². The van der Waals surface area contributed by atoms with Gasteiger partial charge in [0.15, 0.2) is 0 Å². The van der Waals surface area contributed by atoms with Gasteiger partial charge in [-0.3, -0.25) is 0 Å². The molecule has 1 aliphatic rings. The minimum absolute atomic E-state index is 0.0570. The lowest BCUT2D eigenvalue weighted by atomic mass is 9.70. The lowest BCUT2D eigenvalue weighted by Crippen LogP contribution is -2.45. The van der Waals surface area contributed by atoms with Crippen molar-refractivity contribution in [1.29, 1.82) is 0 Å². The molecule has 0 aromatic heterocycles. The summed E-state index contributed by atoms with van der Waals surface area (Å²) in [5.41, 5.74) is 6.43. The monoisotopic (exact) mass is 249 g/mol. The average molecular weight is 249 g/mol. The Morgan fingerprint density at radius 2 is 1.67 bits per heavy atom. The molecule has 2 rings (SSSR count). The van der Waals surface area contributed by atoms with Gasteiger partial charge >= 0.3 is 0 Å². The van der Waals surface area contributed by atoms with Gasteiger partial charge in [-0.1, -0.05) is 31.4 Å². The van der Waals surface area contributed by atoms with Crippen molar-refractivity contribution >= 4 is 0 Å². The molecule has 18 heavy (non-hydrogen) atoms. The van der Waals surface area contributed by atoms with Crippen LogP contribution in [0.2, 0.25) is 0 Å². The van der Waals surface area contributed by atoms with E-state index in [4.69, 9.17) is 5.73 Å². The first-order chi connectivity index (χ1) is 8.53. The summed E-state index contributed by atoms with van der Waals surface area (Å²) in [4.78, 5) is 0. The maximum atomic E-state index is 10.9. The highest BCUT2D eigenvalue weighted by atomic mass is 16.3. The lowest BCUT2D eigenvalue weighted by molar-refractivity contribution is -0.0272. The minimum atomic E-state index is -0.691. The molecule has 0 amide bonds. The Balaban J connectivity index is 2.30. The van der Waals surface area contributed by atoms with Crippen LogP contribution < -0.4 is 5.73 Å². The summed E-state index contributed by atoms with van der Waals surface area (Å²) >= 11 is 0. The third-order valence-electron chi connectivity index (χ3n) is 4.08. The third kappa shape index (κ3) is 2.68. The van der Waals surface area contributed by atoms with E-state index in [0.29, 0.717) is 0 Å². The number of phenolic OH excluding ortho intramolecular Hbond substituents is 1. The van der Waals surface area contributed by atoms with Gasteiger partial charge in [0.25, 0.3) is 0 Å². The van der Waals surface area contributed by atoms with Crippen molar-refractivity contribution in [3.8, 4) is 5.75 Å². The Kier molecular flexibility index (Phi) is 3.93. The fraction of sp³-hybridized carbons (Fsp3) is 0.600. The van der Waals surface area contributed by atoms with Gasteiger partial charge < -0.3 is 15.9 Å². The molecule has 0 bridgehead atoms. The summed E-state index contributed by atoms with van der Waals surface area (Å²) in [5.74, 6) is 0.191. The topological polar surface area (TPSA) is 66.5 Å². The maximum Gasteiger partial charge on any atom is 0.115 e. The fourth-order valence-corrected chi connectivity index (χ4v) is 3.26. The molecule has 3 nitrogen and oxygen atoms in total. The lowest BCUT2D eigenvalue weighted by Gasteiger charge is -2.41. The number of benzene rings is 1. The summed E-state index contributed by atoms with van der Waals surface area (Å²) < 4.78 is 0. The van der Waals surface area contributed by atoms with Crippen molar-refractivity contribution in [3.05, 3.63) is 29.8 Å². The van der Waals surface area contributed by atoms with Gasteiger partial charge in [0, 0.05) is 12.0 Å². The SMILES string of the molecule is CC(N)C(c1ccc(O)cc1)C1(O)CCCCC1. The first-order valence-electron chi connectivity index (χ1n) is 6.80. The zero-order valence-corrected chi connectivity index (χ0v) is 11.0. The molecule has 1 fully saturated rings. The summed E-state index contributed by atoms with van der Waals surface area (Å²) in [7, 11) is 0. The zero-order chi connectivity index (χ0) is 13.2. The number of hydrogen-bond acceptors (Lipinski definition) is 3. The highest BCUT2D eigenvalue weighted by Gasteiger charge is 2.40. The number of aliphatic hydroxyl groups is 1. The summed E-state index contributed by atoms with van der Waals surface area (Å²) in [6, 6.07) is 6.97. The molecule has 0 spiro atoms. The van der Waals surface area contributed by atoms with Crippen LogP contribution >= 0.6 is 0 Å². The summed E-state index contributed by atoms with van der Waals surface area (Å²) in [6.07, 6.45) is 4.97. The summed E-state index contributed by atoms with van der Waals surface area (Å²) in [6.45, 7) is 1.95. The van der Waals surface area contributed by atoms with E-state index >= 15 is 0 Å². The molecule has 4 N–H and O–H groups in total. The standard InChI is InChI=1S/C15H23NO2/c1-11(16)14(12-5-7-13(17)8-6-12)15(18)9-3-2-4-10-15/h5-8,11,14,17-18H,2-4,9-10,16H2,1H3. The van der Waals surface area contributed by atoms with E-state index in [0.717, 1.165) is 31.2 Å². The fourth-order valence-electron chi connectivity index (χ4n) is 3.26. The first-order valence-corrected chi connectivity index (χ1v) is 6.80. The Hall–Kier alpha value is -1.06. The normalized spacial score (nSPS) is 22.4. The van der Waals surface area contributed by atoms with E-state index in [1.165, 1.54) is 6.42 Å². The van der Waals surface area contributed by atoms with E-state index in [1.54, 1.807) is 12.1 Å². The number of nitrogens with two attached hydrogens (primary N) is 1. The largest absolute Gasteiger partial charge is 0.508 e. The highest BCUT2D eigenvalue weighted by Crippen LogP contribution is 2.41. The van der Waals surface area contributed by atoms with Crippen LogP contribution in [0.25, 0.3) is 0 Å². The second-order valence-electron chi connectivity index (χ2n) is 5.59. The molecule has 1 aliphatic carbocycles. The number of aromatic hydroxyl groups is 1. The molecule has 0 radical (unpaired) electrons. The van der Waals surface area contributed by atoms with Crippen LogP contribution in [-0.2, 0) is 0 Å². The van der Waals surface area contributed by atoms with Crippen molar-refractivity contribution < 1.29 is 10.2 Å². The van der Waals surface area contributed by atoms with Crippen molar-refractivity contribution in [2.24, 2.45) is 5.73 Å². The second-order valence-corrected chi connectivity index (χ2v) is 5.59. The second kappa shape index (κ2) is 5.29. The Bertz CT molecular complexity index is 380. The minimum Gasteiger partial charge on any atom is -0.508 e. The number of rotatable bonds is 3. The van der Waals surface area contributed by atoms with E-state index in [-0.39, 0.29) is 17.7 Å². The van der Waals surface area contributed by atoms with Crippen LogP contribution in [0.15, 0.2) is 24.3 Å². The predicted octanol–water partition coefficient (Wildman–Crippen LogP) is 2.52. The molecule has 2 unspecified atom stereocenters. The van der Waals surface area contributed by atoms with Crippen molar-refractivity contribution in [3.63, 3.8) is 0 Å². The van der Waals surface area contributed by atoms with E-state index < -0.39 is 5.60 Å². The molecule has 3 heteroatoms. The van der Waals surface area contributed by atoms with Gasteiger partial charge in [0.1, 0.15) is 5.75 Å². The van der Waals surface area contributed by atoms with E-state index in [1.807, 2.05) is 19.1 Å². The Morgan fingerprint density at radius 3 is 2.17 bits per heavy atom. The average Bonchev–Trinajstić information content (AvgIpc) is 2.32. The maximum absolute atomic E-state index is 10.9. The van der Waals surface area contributed by atoms with Crippen LogP contribution in [0.4, 0.5) is 0 Å². The van der Waals surface area contributed by atoms with Gasteiger partial charge in [0.05, 0.1) is 5.60 Å². The Morgan fingerprint density at radius 1 is 1.11 bits per heavy atom. The molecular formula is C15H23NO2. The van der Waals surface area contributed by atoms with Crippen LogP contribution in [0.3, 0.4) is 0 Å². The molecule has 0 heterocycles.